The summed E-state index contributed by atoms with van der Waals surface area (Å²) in [4.78, 5) is 36.9. The monoisotopic (exact) mass is 2520 g/mol. The molecule has 0 unspecified atom stereocenters. The van der Waals surface area contributed by atoms with Gasteiger partial charge < -0.3 is 54.0 Å². The van der Waals surface area contributed by atoms with E-state index in [1.807, 2.05) is 519 Å². The van der Waals surface area contributed by atoms with Crippen LogP contribution in [0.15, 0.2) is 334 Å². The molecule has 10 aromatic heterocycles. The van der Waals surface area contributed by atoms with Crippen LogP contribution >= 0.6 is 11.3 Å². The maximum Gasteiger partial charge on any atom is 0.128 e. The summed E-state index contributed by atoms with van der Waals surface area (Å²) in [6.07, 6.45) is 31.8. The number of rotatable bonds is 0. The van der Waals surface area contributed by atoms with E-state index in [4.69, 9.17) is 0 Å². The molecule has 0 atom stereocenters. The maximum atomic E-state index is 4.58. The Morgan fingerprint density at radius 1 is 0.218 bits per heavy atom. The normalized spacial score (nSPS) is 5.99. The smallest absolute Gasteiger partial charge is 0.128 e. The fraction of sp³-hybridized carbons (Fsp3) is 0.452. The van der Waals surface area contributed by atoms with Gasteiger partial charge in [0.15, 0.2) is 0 Å². The van der Waals surface area contributed by atoms with Crippen molar-refractivity contribution in [3.05, 3.63) is 385 Å². The molecule has 0 aliphatic rings. The Hall–Kier alpha value is -4.42. The van der Waals surface area contributed by atoms with Gasteiger partial charge in [0.1, 0.15) is 24.8 Å². The van der Waals surface area contributed by atoms with Crippen LogP contribution in [0.1, 0.15) is 385 Å². The Labute approximate surface area is 1080 Å². The van der Waals surface area contributed by atoms with Gasteiger partial charge in [0.2, 0.25) is 0 Å². The standard InChI is InChI=1S/C10H8.2C9H7N.C7H8.C5H5N.C4H5N3.C4H4N2.C4H4O.C4H4S.2C3H4N2.C2H3N3.27C2H6.6CH3.6Y/c1-2-6-10-8-4-3-7-9(10)5-1;1-2-6-9-8(4-1)5-3-7-10-9;1-2-4-9-7-10-6-5-8(9)3-1;1-7-5-3-2-4-6-7;1-2-4-6-5-3-1;1-4-6-2-5-3-7-4;1-2-5-4-6-3-1;2*1-2-4-5-3-1;1-2-5-3-4-1;2*1-2-4-5-3-1;27*1-2;;;;;;;;;;;;/h1-8H;2*1-7H;2-6H,1H3;1-5H;2-3H,1H3;1-4H;2*1-4H;2*1-3H,(H,4,5);1-2H,(H,3,4,5);27*1-2H3;6*1H3;;;;;;/q;;;;;;;;;;;;;;;;;;;;;;;;;;;;;;;;;;;;;;;6*-1;;;;;;. The molecule has 147 heavy (non-hydrogen) atoms. The summed E-state index contributed by atoms with van der Waals surface area (Å²) < 4.78 is 4.58. The number of nitrogens with zero attached hydrogens (tertiary/aromatic N) is 12. The Morgan fingerprint density at radius 2 is 0.531 bits per heavy atom. The number of nitrogens with one attached hydrogen (secondary N) is 3. The number of thiophene rings is 1. The molecule has 0 spiro atoms. The van der Waals surface area contributed by atoms with Gasteiger partial charge in [-0.3, -0.25) is 20.1 Å². The molecule has 0 fully saturated rings. The van der Waals surface area contributed by atoms with Crippen LogP contribution < -0.4 is 0 Å². The number of para-hydroxylation sites is 1. The summed E-state index contributed by atoms with van der Waals surface area (Å²) >= 11 is 1.71. The molecule has 15 aromatic rings. The summed E-state index contributed by atoms with van der Waals surface area (Å²) in [6.45, 7) is 112. The molecule has 0 saturated heterocycles. The molecule has 16 nitrogen and oxygen atoms in total. The minimum Gasteiger partial charge on any atom is -0.473 e. The van der Waals surface area contributed by atoms with Crippen LogP contribution in [0.4, 0.5) is 0 Å². The predicted octanol–water partition coefficient (Wildman–Crippen LogP) is 45.1. The van der Waals surface area contributed by atoms with Crippen molar-refractivity contribution in [1.29, 1.82) is 0 Å². The second kappa shape index (κ2) is 341. The van der Waals surface area contributed by atoms with E-state index in [2.05, 4.69) is 172 Å². The summed E-state index contributed by atoms with van der Waals surface area (Å²) in [5.74, 6) is 0.759. The van der Waals surface area contributed by atoms with Crippen LogP contribution in [0.3, 0.4) is 0 Å². The molecule has 850 valence electrons. The summed E-state index contributed by atoms with van der Waals surface area (Å²) in [5, 5.41) is 25.9. The first kappa shape index (κ1) is 252. The number of hydrogen-bond donors (Lipinski definition) is 3. The van der Waals surface area contributed by atoms with Crippen molar-refractivity contribution in [2.24, 2.45) is 0 Å². The van der Waals surface area contributed by atoms with Crippen molar-refractivity contribution in [1.82, 2.24) is 75.4 Å². The third-order valence-electron chi connectivity index (χ3n) is 9.32. The molecule has 0 bridgehead atoms. The van der Waals surface area contributed by atoms with E-state index in [0.717, 1.165) is 11.3 Å². The van der Waals surface area contributed by atoms with E-state index in [-0.39, 0.29) is 241 Å². The zero-order valence-corrected chi connectivity index (χ0v) is 126. The molecule has 10 heterocycles. The van der Waals surface area contributed by atoms with E-state index in [0.29, 0.717) is 0 Å². The van der Waals surface area contributed by atoms with E-state index >= 15 is 0 Å². The topological polar surface area (TPSA) is 215 Å². The van der Waals surface area contributed by atoms with Crippen molar-refractivity contribution < 1.29 is 201 Å². The van der Waals surface area contributed by atoms with Gasteiger partial charge in [-0.2, -0.15) is 31.8 Å². The number of furan rings is 1. The molecule has 0 aliphatic heterocycles. The first-order valence-corrected chi connectivity index (χ1v) is 52.9. The van der Waals surface area contributed by atoms with Gasteiger partial charge in [0.05, 0.1) is 36.8 Å². The van der Waals surface area contributed by atoms with Crippen LogP contribution in [0, 0.1) is 58.4 Å². The number of aryl methyl sites for hydroxylation is 2. The van der Waals surface area contributed by atoms with Crippen LogP contribution in [0.2, 0.25) is 0 Å². The average molecular weight is 2530 g/mol. The molecular formula is C124H243N15OSY6-6. The molecule has 5 aromatic carbocycles. The molecule has 3 N–H and O–H groups in total. The summed E-state index contributed by atoms with van der Waals surface area (Å²) in [5.41, 5.74) is 2.38. The van der Waals surface area contributed by atoms with E-state index in [9.17, 15) is 0 Å². The second-order valence-corrected chi connectivity index (χ2v) is 16.1. The van der Waals surface area contributed by atoms with Crippen molar-refractivity contribution in [2.75, 3.05) is 0 Å². The number of imidazole rings is 1. The Kier molecular flexibility index (Phi) is 584. The zero-order valence-electron chi connectivity index (χ0n) is 108. The van der Waals surface area contributed by atoms with Crippen LogP contribution in [-0.2, 0) is 196 Å². The first-order chi connectivity index (χ1) is 67.2. The van der Waals surface area contributed by atoms with Gasteiger partial charge in [0, 0.05) is 270 Å². The number of fused-ring (bicyclic) bond motifs is 3. The third-order valence-corrected chi connectivity index (χ3v) is 9.95. The number of hydrogen-bond acceptors (Lipinski definition) is 14. The molecule has 23 heteroatoms. The zero-order chi connectivity index (χ0) is 111. The van der Waals surface area contributed by atoms with E-state index < -0.39 is 0 Å². The maximum absolute atomic E-state index is 4.58. The number of pyridine rings is 3. The summed E-state index contributed by atoms with van der Waals surface area (Å²) in [6, 6.07) is 66.3. The molecule has 15 rings (SSSR count). The van der Waals surface area contributed by atoms with E-state index in [1.54, 1.807) is 98.2 Å². The molecule has 0 aliphatic carbocycles. The number of aromatic amines is 3. The fourth-order valence-corrected chi connectivity index (χ4v) is 6.08. The molecule has 0 amide bonds. The molecular weight excluding hydrogens is 2280 g/mol. The van der Waals surface area contributed by atoms with Crippen molar-refractivity contribution in [2.45, 2.75) is 388 Å². The van der Waals surface area contributed by atoms with Gasteiger partial charge in [-0.15, -0.1) is 0 Å². The predicted molar refractivity (Wildman–Crippen MR) is 671 cm³/mol. The Balaban J connectivity index is -0.0000000257. The minimum atomic E-state index is 0. The number of aromatic nitrogens is 15. The van der Waals surface area contributed by atoms with Crippen LogP contribution in [0.5, 0.6) is 0 Å². The molecule has 6 radical (unpaired) electrons. The van der Waals surface area contributed by atoms with Crippen LogP contribution in [-0.4, -0.2) is 75.4 Å². The second-order valence-electron chi connectivity index (χ2n) is 15.3. The molecule has 0 saturated carbocycles. The quantitative estimate of drug-likeness (QED) is 0.121. The van der Waals surface area contributed by atoms with Crippen molar-refractivity contribution in [3.8, 4) is 0 Å². The van der Waals surface area contributed by atoms with Gasteiger partial charge in [-0.25, -0.2) is 29.9 Å². The fourth-order valence-electron chi connectivity index (χ4n) is 5.62. The first-order valence-electron chi connectivity index (χ1n) is 52.0. The van der Waals surface area contributed by atoms with Crippen LogP contribution in [0.25, 0.3) is 32.4 Å². The Morgan fingerprint density at radius 3 is 0.721 bits per heavy atom. The van der Waals surface area contributed by atoms with Gasteiger partial charge in [-0.1, -0.05) is 525 Å². The van der Waals surface area contributed by atoms with E-state index in [1.165, 1.54) is 51.5 Å². The van der Waals surface area contributed by atoms with Gasteiger partial charge in [0.25, 0.3) is 0 Å². The number of H-pyrrole nitrogens is 3. The minimum absolute atomic E-state index is 0. The SMILES string of the molecule is CC.CC.CC.CC.CC.CC.CC.CC.CC.CC.CC.CC.CC.CC.CC.CC.CC.CC.CC.CC.CC.CC.CC.CC.CC.CC.CC.Cc1ccccc1.Cc1ncncn1.[CH3-].[CH3-].[CH3-].[CH3-].[CH3-].[CH3-].[Y].[Y].[Y].[Y].[Y].[Y].c1c[nH]cn1.c1ccc2ccccc2c1.c1ccc2cnccc2c1.c1ccc2ncccc2c1.c1ccncc1.c1ccoc1.c1ccsc1.c1cn[nH]c1.c1cn[nH]n1.c1cncnc1. The third kappa shape index (κ3) is 262. The van der Waals surface area contributed by atoms with Crippen molar-refractivity contribution >= 4 is 43.8 Å². The van der Waals surface area contributed by atoms with Gasteiger partial charge >= 0.3 is 0 Å². The Bertz CT molecular complexity index is 2900. The average Bonchev–Trinajstić information content (AvgIpc) is 1.60. The number of benzene rings is 5. The summed E-state index contributed by atoms with van der Waals surface area (Å²) in [7, 11) is 0. The van der Waals surface area contributed by atoms with Crippen molar-refractivity contribution in [3.63, 3.8) is 0 Å². The largest absolute Gasteiger partial charge is 0.473 e. The van der Waals surface area contributed by atoms with Gasteiger partial charge in [-0.05, 0) is 101 Å².